The average molecular weight is 691 g/mol. The quantitative estimate of drug-likeness (QED) is 0.0815. The second-order valence-electron chi connectivity index (χ2n) is 10.1. The summed E-state index contributed by atoms with van der Waals surface area (Å²) in [6.45, 7) is 3.76. The van der Waals surface area contributed by atoms with Crippen LogP contribution in [0, 0.1) is 5.41 Å². The second kappa shape index (κ2) is 15.7. The van der Waals surface area contributed by atoms with Crippen molar-refractivity contribution >= 4 is 56.9 Å². The van der Waals surface area contributed by atoms with Gasteiger partial charge >= 0.3 is 18.3 Å². The lowest BCUT2D eigenvalue weighted by Crippen LogP contribution is -2.37. The van der Waals surface area contributed by atoms with E-state index in [-0.39, 0.29) is 30.4 Å². The summed E-state index contributed by atoms with van der Waals surface area (Å²) in [6.07, 6.45) is -4.84. The molecule has 0 saturated carbocycles. The number of nitrogens with zero attached hydrogens (tertiary/aromatic N) is 3. The van der Waals surface area contributed by atoms with Gasteiger partial charge in [0.25, 0.3) is 0 Å². The number of alkyl halides is 4. The Labute approximate surface area is 260 Å². The maximum atomic E-state index is 12.8. The zero-order valence-corrected chi connectivity index (χ0v) is 25.7. The second-order valence-corrected chi connectivity index (χ2v) is 11.3. The van der Waals surface area contributed by atoms with Gasteiger partial charge in [-0.2, -0.15) is 28.1 Å². The fourth-order valence-electron chi connectivity index (χ4n) is 3.41. The third-order valence-electron chi connectivity index (χ3n) is 5.59. The third kappa shape index (κ3) is 12.6. The van der Waals surface area contributed by atoms with Crippen LogP contribution in [-0.2, 0) is 6.54 Å². The number of carbonyl (C=O) groups is 1. The number of nitrogens with one attached hydrogen (secondary N) is 4. The molecule has 234 valence electrons. The van der Waals surface area contributed by atoms with Crippen LogP contribution < -0.4 is 30.7 Å². The van der Waals surface area contributed by atoms with Gasteiger partial charge in [0.15, 0.2) is 6.61 Å². The van der Waals surface area contributed by atoms with Crippen LogP contribution in [0.4, 0.5) is 41.2 Å². The van der Waals surface area contributed by atoms with Gasteiger partial charge in [0.2, 0.25) is 11.9 Å². The molecule has 0 aliphatic heterocycles. The first-order valence-corrected chi connectivity index (χ1v) is 14.6. The summed E-state index contributed by atoms with van der Waals surface area (Å²) in [6, 6.07) is 11.7. The molecule has 0 bridgehead atoms. The van der Waals surface area contributed by atoms with E-state index in [9.17, 15) is 18.0 Å². The maximum absolute atomic E-state index is 12.8. The smallest absolute Gasteiger partial charge is 0.422 e. The van der Waals surface area contributed by atoms with Gasteiger partial charge in [0.1, 0.15) is 5.75 Å². The number of aromatic nitrogens is 3. The van der Waals surface area contributed by atoms with Crippen molar-refractivity contribution in [3.63, 3.8) is 0 Å². The summed E-state index contributed by atoms with van der Waals surface area (Å²) in [5.41, 5.74) is 1.75. The molecule has 3 rings (SSSR count). The van der Waals surface area contributed by atoms with E-state index >= 15 is 0 Å². The molecule has 0 spiro atoms. The first kappa shape index (κ1) is 33.8. The summed E-state index contributed by atoms with van der Waals surface area (Å²) < 4.78 is 48.8. The number of carboxylic acid groups (broad SMARTS) is 1. The molecule has 11 nitrogen and oxygen atoms in total. The van der Waals surface area contributed by atoms with Crippen molar-refractivity contribution in [1.82, 2.24) is 20.3 Å². The van der Waals surface area contributed by atoms with Gasteiger partial charge in [-0.3, -0.25) is 0 Å². The van der Waals surface area contributed by atoms with Crippen molar-refractivity contribution in [2.24, 2.45) is 5.41 Å². The first-order chi connectivity index (χ1) is 20.3. The van der Waals surface area contributed by atoms with Crippen molar-refractivity contribution in [3.05, 3.63) is 53.1 Å². The average Bonchev–Trinajstić information content (AvgIpc) is 2.94. The lowest BCUT2D eigenvalue weighted by molar-refractivity contribution is -0.154. The number of hydrogen-bond acceptors (Lipinski definition) is 9. The molecule has 43 heavy (non-hydrogen) atoms. The van der Waals surface area contributed by atoms with Crippen LogP contribution in [0.1, 0.15) is 25.8 Å². The highest BCUT2D eigenvalue weighted by molar-refractivity contribution is 9.09. The van der Waals surface area contributed by atoms with Crippen LogP contribution >= 0.6 is 27.5 Å². The Hall–Kier alpha value is -3.72. The summed E-state index contributed by atoms with van der Waals surface area (Å²) in [7, 11) is 0. The molecule has 1 aromatic heterocycles. The van der Waals surface area contributed by atoms with E-state index in [0.29, 0.717) is 29.6 Å². The fourth-order valence-corrected chi connectivity index (χ4v) is 3.90. The Morgan fingerprint density at radius 2 is 1.67 bits per heavy atom. The molecule has 0 fully saturated rings. The first-order valence-electron chi connectivity index (χ1n) is 13.1. The lowest BCUT2D eigenvalue weighted by Gasteiger charge is -2.25. The van der Waals surface area contributed by atoms with Gasteiger partial charge in [-0.15, -0.1) is 0 Å². The monoisotopic (exact) mass is 689 g/mol. The summed E-state index contributed by atoms with van der Waals surface area (Å²) in [5.74, 6) is 0.491. The number of anilines is 4. The van der Waals surface area contributed by atoms with Crippen LogP contribution in [0.15, 0.2) is 42.5 Å². The number of benzene rings is 2. The number of rotatable bonds is 16. The minimum atomic E-state index is -4.58. The Bertz CT molecular complexity index is 1350. The minimum Gasteiger partial charge on any atom is -0.492 e. The largest absolute Gasteiger partial charge is 0.492 e. The van der Waals surface area contributed by atoms with Crippen LogP contribution in [0.5, 0.6) is 11.8 Å². The van der Waals surface area contributed by atoms with E-state index in [2.05, 4.69) is 52.1 Å². The number of ether oxygens (including phenoxy) is 2. The fraction of sp³-hybridized carbons (Fsp3) is 0.407. The molecule has 0 aliphatic rings. The number of halogens is 5. The highest BCUT2D eigenvalue weighted by Gasteiger charge is 2.29. The topological polar surface area (TPSA) is 143 Å². The molecule has 1 heterocycles. The molecule has 0 unspecified atom stereocenters. The minimum absolute atomic E-state index is 0.0149. The molecule has 1 amide bonds. The molecule has 0 aliphatic carbocycles. The van der Waals surface area contributed by atoms with Gasteiger partial charge in [0.05, 0.1) is 11.6 Å². The van der Waals surface area contributed by atoms with Gasteiger partial charge in [-0.05, 0) is 53.8 Å². The third-order valence-corrected chi connectivity index (χ3v) is 6.45. The molecule has 0 radical (unpaired) electrons. The molecule has 5 N–H and O–H groups in total. The predicted molar refractivity (Wildman–Crippen MR) is 162 cm³/mol. The zero-order valence-electron chi connectivity index (χ0n) is 23.4. The Balaban J connectivity index is 1.68. The Morgan fingerprint density at radius 3 is 2.33 bits per heavy atom. The molecule has 0 atom stereocenters. The van der Waals surface area contributed by atoms with E-state index in [4.69, 9.17) is 26.2 Å². The SMILES string of the molecule is CC(C)(CNC(=O)O)CNc1ccc(Nc2nc(NCc3ccc(OCCCBr)c(Cl)c3)nc(OCC(F)(F)F)n2)cc1. The van der Waals surface area contributed by atoms with Crippen molar-refractivity contribution in [3.8, 4) is 11.8 Å². The predicted octanol–water partition coefficient (Wildman–Crippen LogP) is 6.69. The lowest BCUT2D eigenvalue weighted by atomic mass is 9.93. The summed E-state index contributed by atoms with van der Waals surface area (Å²) >= 11 is 9.66. The van der Waals surface area contributed by atoms with Crippen molar-refractivity contribution in [1.29, 1.82) is 0 Å². The van der Waals surface area contributed by atoms with Gasteiger partial charge in [0, 0.05) is 36.3 Å². The van der Waals surface area contributed by atoms with Crippen molar-refractivity contribution in [2.45, 2.75) is 33.0 Å². The van der Waals surface area contributed by atoms with Crippen molar-refractivity contribution in [2.75, 3.05) is 47.6 Å². The highest BCUT2D eigenvalue weighted by atomic mass is 79.9. The van der Waals surface area contributed by atoms with Crippen LogP contribution in [-0.4, -0.2) is 64.0 Å². The Morgan fingerprint density at radius 1 is 0.977 bits per heavy atom. The van der Waals surface area contributed by atoms with E-state index in [1.165, 1.54) is 0 Å². The van der Waals surface area contributed by atoms with Gasteiger partial charge < -0.3 is 35.8 Å². The maximum Gasteiger partial charge on any atom is 0.422 e. The zero-order chi connectivity index (χ0) is 31.5. The molecule has 0 saturated heterocycles. The summed E-state index contributed by atoms with van der Waals surface area (Å²) in [4.78, 5) is 23.0. The highest BCUT2D eigenvalue weighted by Crippen LogP contribution is 2.27. The standard InChI is InChI=1S/C27H32BrClF3N7O4/c1-26(2,15-35-25(40)41)14-34-18-5-7-19(8-6-18)36-23-37-22(38-24(39-23)43-16-27(30,31)32)33-13-17-4-9-21(20(29)12-17)42-11-3-10-28/h4-9,12,34-35H,3,10-11,13-16H2,1-2H3,(H,40,41)(H2,33,36,37,38,39). The van der Waals surface area contributed by atoms with Gasteiger partial charge in [-0.25, -0.2) is 4.79 Å². The van der Waals surface area contributed by atoms with Gasteiger partial charge in [-0.1, -0.05) is 47.4 Å². The summed E-state index contributed by atoms with van der Waals surface area (Å²) in [5, 5.41) is 21.6. The molecule has 2 aromatic carbocycles. The van der Waals surface area contributed by atoms with Crippen LogP contribution in [0.3, 0.4) is 0 Å². The number of hydrogen-bond donors (Lipinski definition) is 5. The molecule has 3 aromatic rings. The van der Waals surface area contributed by atoms with E-state index in [0.717, 1.165) is 23.0 Å². The van der Waals surface area contributed by atoms with Crippen LogP contribution in [0.25, 0.3) is 0 Å². The van der Waals surface area contributed by atoms with E-state index in [1.807, 2.05) is 13.8 Å². The molecule has 16 heteroatoms. The van der Waals surface area contributed by atoms with Crippen molar-refractivity contribution < 1.29 is 32.5 Å². The van der Waals surface area contributed by atoms with E-state index < -0.39 is 24.9 Å². The molecular formula is C27H32BrClF3N7O4. The molecular weight excluding hydrogens is 659 g/mol. The van der Waals surface area contributed by atoms with E-state index in [1.54, 1.807) is 42.5 Å². The Kier molecular flexibility index (Phi) is 12.3. The normalized spacial score (nSPS) is 11.5. The van der Waals surface area contributed by atoms with Crippen LogP contribution in [0.2, 0.25) is 5.02 Å². The number of amides is 1.